The lowest BCUT2D eigenvalue weighted by Crippen LogP contribution is -2.36. The molecule has 1 saturated carbocycles. The van der Waals surface area contributed by atoms with Crippen molar-refractivity contribution >= 4 is 6.08 Å². The first-order chi connectivity index (χ1) is 14.0. The highest BCUT2D eigenvalue weighted by molar-refractivity contribution is 5.62. The average molecular weight is 395 g/mol. The molecule has 5 heteroatoms. The molecular weight excluding hydrogens is 366 g/mol. The summed E-state index contributed by atoms with van der Waals surface area (Å²) in [6.07, 6.45) is 5.13. The number of ether oxygens (including phenoxy) is 1. The van der Waals surface area contributed by atoms with Crippen LogP contribution < -0.4 is 15.7 Å². The number of hydrogen-bond donors (Lipinski definition) is 2. The standard InChI is InChI=1S/C24H29NO4/c1-15(12-25-13-17-3-5-18(14-26)6-4-17)19-7-8-20-10-21-23(29-22(20)11-19)9-16(2)28-24(21)27/h3-6,9-10,15,19,22,25-26H,7-8,11-14H2,1-2H3/t15?,19-,22-/m0/s1. The van der Waals surface area contributed by atoms with Crippen LogP contribution >= 0.6 is 0 Å². The van der Waals surface area contributed by atoms with Crippen LogP contribution in [0.25, 0.3) is 6.08 Å². The van der Waals surface area contributed by atoms with Gasteiger partial charge in [-0.25, -0.2) is 4.79 Å². The van der Waals surface area contributed by atoms with Crippen LogP contribution in [-0.2, 0) is 13.2 Å². The van der Waals surface area contributed by atoms with Crippen LogP contribution in [0.4, 0.5) is 0 Å². The maximum atomic E-state index is 12.1. The first kappa shape index (κ1) is 19.9. The zero-order valence-corrected chi connectivity index (χ0v) is 17.1. The lowest BCUT2D eigenvalue weighted by molar-refractivity contribution is 0.140. The Morgan fingerprint density at radius 1 is 1.24 bits per heavy atom. The number of fused-ring (bicyclic) bond motifs is 2. The van der Waals surface area contributed by atoms with Crippen molar-refractivity contribution in [2.24, 2.45) is 11.8 Å². The zero-order chi connectivity index (χ0) is 20.4. The molecule has 2 heterocycles. The molecule has 0 saturated heterocycles. The van der Waals surface area contributed by atoms with Gasteiger partial charge in [0.1, 0.15) is 23.2 Å². The largest absolute Gasteiger partial charge is 0.485 e. The van der Waals surface area contributed by atoms with Gasteiger partial charge in [-0.15, -0.1) is 0 Å². The van der Waals surface area contributed by atoms with Crippen LogP contribution in [0.2, 0.25) is 0 Å². The Labute approximate surface area is 171 Å². The van der Waals surface area contributed by atoms with Gasteiger partial charge in [0.05, 0.1) is 6.61 Å². The summed E-state index contributed by atoms with van der Waals surface area (Å²) in [5, 5.41) is 12.7. The third kappa shape index (κ3) is 4.46. The monoisotopic (exact) mass is 395 g/mol. The number of rotatable bonds is 6. The van der Waals surface area contributed by atoms with Gasteiger partial charge >= 0.3 is 5.63 Å². The van der Waals surface area contributed by atoms with Crippen LogP contribution in [0.15, 0.2) is 45.1 Å². The zero-order valence-electron chi connectivity index (χ0n) is 17.1. The van der Waals surface area contributed by atoms with Crippen molar-refractivity contribution < 1.29 is 14.3 Å². The first-order valence-corrected chi connectivity index (χ1v) is 10.4. The minimum Gasteiger partial charge on any atom is -0.485 e. The van der Waals surface area contributed by atoms with E-state index in [0.29, 0.717) is 28.9 Å². The molecule has 5 nitrogen and oxygen atoms in total. The van der Waals surface area contributed by atoms with E-state index < -0.39 is 0 Å². The number of benzene rings is 1. The van der Waals surface area contributed by atoms with Crippen molar-refractivity contribution in [3.63, 3.8) is 0 Å². The predicted octanol–water partition coefficient (Wildman–Crippen LogP) is 3.81. The second-order valence-electron chi connectivity index (χ2n) is 8.37. The van der Waals surface area contributed by atoms with Gasteiger partial charge in [-0.3, -0.25) is 0 Å². The number of nitrogens with one attached hydrogen (secondary N) is 1. The third-order valence-corrected chi connectivity index (χ3v) is 6.21. The molecule has 2 aromatic rings. The minimum absolute atomic E-state index is 0.0657. The summed E-state index contributed by atoms with van der Waals surface area (Å²) in [5.74, 6) is 2.37. The Bertz CT molecular complexity index is 944. The average Bonchev–Trinajstić information content (AvgIpc) is 2.72. The van der Waals surface area contributed by atoms with Gasteiger partial charge in [-0.1, -0.05) is 31.2 Å². The quantitative estimate of drug-likeness (QED) is 0.778. The van der Waals surface area contributed by atoms with E-state index in [2.05, 4.69) is 24.4 Å². The summed E-state index contributed by atoms with van der Waals surface area (Å²) in [6, 6.07) is 9.88. The molecule has 3 atom stereocenters. The van der Waals surface area contributed by atoms with E-state index in [1.807, 2.05) is 24.3 Å². The molecule has 0 amide bonds. The van der Waals surface area contributed by atoms with Gasteiger partial charge in [0.25, 0.3) is 0 Å². The third-order valence-electron chi connectivity index (χ3n) is 6.21. The van der Waals surface area contributed by atoms with Crippen LogP contribution in [0.1, 0.15) is 48.6 Å². The Balaban J connectivity index is 1.33. The fourth-order valence-corrected chi connectivity index (χ4v) is 4.40. The maximum absolute atomic E-state index is 12.1. The number of aliphatic hydroxyl groups excluding tert-OH is 1. The maximum Gasteiger partial charge on any atom is 0.346 e. The summed E-state index contributed by atoms with van der Waals surface area (Å²) in [6.45, 7) is 5.95. The fraction of sp³-hybridized carbons (Fsp3) is 0.458. The summed E-state index contributed by atoms with van der Waals surface area (Å²) < 4.78 is 11.4. The molecule has 0 spiro atoms. The number of aryl methyl sites for hydroxylation is 1. The SMILES string of the molecule is Cc1cc2c(c(=O)o1)C=C1CC[C@H](C(C)CNCc3ccc(CO)cc3)C[C@@H]1O2. The van der Waals surface area contributed by atoms with Gasteiger partial charge in [0, 0.05) is 12.6 Å². The van der Waals surface area contributed by atoms with Crippen LogP contribution in [0.5, 0.6) is 5.75 Å². The second kappa shape index (κ2) is 8.56. The van der Waals surface area contributed by atoms with E-state index in [9.17, 15) is 4.79 Å². The molecule has 1 aliphatic heterocycles. The van der Waals surface area contributed by atoms with E-state index in [1.54, 1.807) is 6.92 Å². The van der Waals surface area contributed by atoms with Crippen molar-refractivity contribution in [3.8, 4) is 5.75 Å². The van der Waals surface area contributed by atoms with Crippen LogP contribution in [-0.4, -0.2) is 17.8 Å². The minimum atomic E-state index is -0.308. The first-order valence-electron chi connectivity index (χ1n) is 10.4. The molecule has 1 aromatic carbocycles. The molecule has 4 rings (SSSR count). The Morgan fingerprint density at radius 3 is 2.76 bits per heavy atom. The number of aliphatic hydroxyl groups is 1. The van der Waals surface area contributed by atoms with Crippen molar-refractivity contribution in [2.75, 3.05) is 6.54 Å². The Morgan fingerprint density at radius 2 is 2.00 bits per heavy atom. The Hall–Kier alpha value is -2.37. The van der Waals surface area contributed by atoms with Crippen molar-refractivity contribution in [2.45, 2.75) is 52.4 Å². The molecule has 0 bridgehead atoms. The van der Waals surface area contributed by atoms with Crippen molar-refractivity contribution in [3.05, 3.63) is 68.8 Å². The Kier molecular flexibility index (Phi) is 5.88. The van der Waals surface area contributed by atoms with Gasteiger partial charge in [-0.2, -0.15) is 0 Å². The molecule has 2 N–H and O–H groups in total. The lowest BCUT2D eigenvalue weighted by atomic mass is 9.76. The van der Waals surface area contributed by atoms with Gasteiger partial charge in [-0.05, 0) is 67.3 Å². The molecule has 1 aromatic heterocycles. The fourth-order valence-electron chi connectivity index (χ4n) is 4.40. The highest BCUT2D eigenvalue weighted by Crippen LogP contribution is 2.40. The van der Waals surface area contributed by atoms with E-state index >= 15 is 0 Å². The topological polar surface area (TPSA) is 71.7 Å². The van der Waals surface area contributed by atoms with E-state index in [4.69, 9.17) is 14.3 Å². The van der Waals surface area contributed by atoms with Crippen molar-refractivity contribution in [1.82, 2.24) is 5.32 Å². The highest BCUT2D eigenvalue weighted by atomic mass is 16.5. The summed E-state index contributed by atoms with van der Waals surface area (Å²) >= 11 is 0. The molecule has 154 valence electrons. The molecule has 1 fully saturated rings. The molecule has 29 heavy (non-hydrogen) atoms. The summed E-state index contributed by atoms with van der Waals surface area (Å²) in [7, 11) is 0. The van der Waals surface area contributed by atoms with Crippen LogP contribution in [0.3, 0.4) is 0 Å². The highest BCUT2D eigenvalue weighted by Gasteiger charge is 2.33. The van der Waals surface area contributed by atoms with E-state index in [1.165, 1.54) is 11.1 Å². The van der Waals surface area contributed by atoms with Gasteiger partial charge in [0.2, 0.25) is 0 Å². The summed E-state index contributed by atoms with van der Waals surface area (Å²) in [4.78, 5) is 12.1. The smallest absolute Gasteiger partial charge is 0.346 e. The predicted molar refractivity (Wildman–Crippen MR) is 113 cm³/mol. The van der Waals surface area contributed by atoms with Gasteiger partial charge < -0.3 is 19.6 Å². The normalized spacial score (nSPS) is 21.6. The number of hydrogen-bond acceptors (Lipinski definition) is 5. The second-order valence-corrected chi connectivity index (χ2v) is 8.37. The van der Waals surface area contributed by atoms with Crippen LogP contribution in [0, 0.1) is 18.8 Å². The lowest BCUT2D eigenvalue weighted by Gasteiger charge is -2.37. The van der Waals surface area contributed by atoms with E-state index in [0.717, 1.165) is 37.9 Å². The van der Waals surface area contributed by atoms with E-state index in [-0.39, 0.29) is 18.3 Å². The molecule has 2 aliphatic rings. The molecule has 1 aliphatic carbocycles. The molecule has 1 unspecified atom stereocenters. The van der Waals surface area contributed by atoms with Crippen molar-refractivity contribution in [1.29, 1.82) is 0 Å². The van der Waals surface area contributed by atoms with Gasteiger partial charge in [0.15, 0.2) is 0 Å². The molecule has 0 radical (unpaired) electrons. The molecular formula is C24H29NO4. The summed E-state index contributed by atoms with van der Waals surface area (Å²) in [5.41, 5.74) is 3.63.